The highest BCUT2D eigenvalue weighted by atomic mass is 32.1. The summed E-state index contributed by atoms with van der Waals surface area (Å²) in [5, 5.41) is 3.68. The maximum absolute atomic E-state index is 12.5. The molecule has 2 aromatic rings. The molecule has 1 aromatic heterocycles. The third-order valence-electron chi connectivity index (χ3n) is 4.75. The Kier molecular flexibility index (Phi) is 5.14. The Labute approximate surface area is 146 Å². The standard InChI is InChI=1S/C18H23N3O2S/c1-2-21-17(23)14-10-9-12(11-15(14)20-18(21)24)16(22)19-13-7-5-3-4-6-8-13/h9-11,13H,2-8H2,1H3,(H,19,22)(H,20,24). The lowest BCUT2D eigenvalue weighted by Gasteiger charge is -2.16. The fourth-order valence-electron chi connectivity index (χ4n) is 3.38. The van der Waals surface area contributed by atoms with E-state index in [2.05, 4.69) is 10.3 Å². The molecule has 0 aliphatic heterocycles. The molecule has 1 saturated carbocycles. The molecule has 5 nitrogen and oxygen atoms in total. The van der Waals surface area contributed by atoms with Crippen molar-refractivity contribution in [1.29, 1.82) is 0 Å². The van der Waals surface area contributed by atoms with E-state index in [9.17, 15) is 9.59 Å². The van der Waals surface area contributed by atoms with Crippen molar-refractivity contribution in [2.24, 2.45) is 0 Å². The number of nitrogens with one attached hydrogen (secondary N) is 2. The van der Waals surface area contributed by atoms with E-state index in [4.69, 9.17) is 12.2 Å². The number of aromatic amines is 1. The number of hydrogen-bond donors (Lipinski definition) is 2. The molecule has 24 heavy (non-hydrogen) atoms. The topological polar surface area (TPSA) is 66.9 Å². The molecule has 1 heterocycles. The molecule has 1 aliphatic rings. The van der Waals surface area contributed by atoms with Crippen LogP contribution in [0.1, 0.15) is 55.8 Å². The van der Waals surface area contributed by atoms with Crippen molar-refractivity contribution in [3.05, 3.63) is 38.9 Å². The number of hydrogen-bond acceptors (Lipinski definition) is 3. The third-order valence-corrected chi connectivity index (χ3v) is 5.07. The minimum atomic E-state index is -0.119. The van der Waals surface area contributed by atoms with Gasteiger partial charge in [0.1, 0.15) is 0 Å². The molecule has 128 valence electrons. The fraction of sp³-hybridized carbons (Fsp3) is 0.500. The van der Waals surface area contributed by atoms with E-state index in [-0.39, 0.29) is 17.5 Å². The van der Waals surface area contributed by atoms with E-state index in [0.29, 0.717) is 27.8 Å². The third kappa shape index (κ3) is 3.43. The van der Waals surface area contributed by atoms with Crippen LogP contribution in [0, 0.1) is 4.77 Å². The number of rotatable bonds is 3. The second-order valence-corrected chi connectivity index (χ2v) is 6.79. The number of benzene rings is 1. The van der Waals surface area contributed by atoms with Crippen LogP contribution >= 0.6 is 12.2 Å². The van der Waals surface area contributed by atoms with Gasteiger partial charge in [-0.1, -0.05) is 25.7 Å². The largest absolute Gasteiger partial charge is 0.349 e. The first-order valence-electron chi connectivity index (χ1n) is 8.68. The molecule has 3 rings (SSSR count). The number of H-pyrrole nitrogens is 1. The molecule has 0 bridgehead atoms. The lowest BCUT2D eigenvalue weighted by Crippen LogP contribution is -2.34. The maximum atomic E-state index is 12.5. The first-order valence-corrected chi connectivity index (χ1v) is 9.08. The van der Waals surface area contributed by atoms with Gasteiger partial charge >= 0.3 is 0 Å². The number of fused-ring (bicyclic) bond motifs is 1. The van der Waals surface area contributed by atoms with Crippen molar-refractivity contribution >= 4 is 29.0 Å². The average molecular weight is 345 g/mol. The molecule has 1 aromatic carbocycles. The second kappa shape index (κ2) is 7.30. The Balaban J connectivity index is 1.88. The molecule has 1 amide bonds. The lowest BCUT2D eigenvalue weighted by atomic mass is 10.1. The van der Waals surface area contributed by atoms with Crippen LogP contribution < -0.4 is 10.9 Å². The summed E-state index contributed by atoms with van der Waals surface area (Å²) in [7, 11) is 0. The van der Waals surface area contributed by atoms with Crippen molar-refractivity contribution < 1.29 is 4.79 Å². The first kappa shape index (κ1) is 16.9. The lowest BCUT2D eigenvalue weighted by molar-refractivity contribution is 0.0933. The molecule has 2 N–H and O–H groups in total. The highest BCUT2D eigenvalue weighted by Gasteiger charge is 2.16. The Bertz CT molecular complexity index is 861. The zero-order valence-corrected chi connectivity index (χ0v) is 14.7. The van der Waals surface area contributed by atoms with E-state index in [0.717, 1.165) is 12.8 Å². The van der Waals surface area contributed by atoms with Crippen LogP contribution in [0.25, 0.3) is 10.9 Å². The summed E-state index contributed by atoms with van der Waals surface area (Å²) in [6.07, 6.45) is 6.94. The van der Waals surface area contributed by atoms with Gasteiger partial charge in [0.05, 0.1) is 10.9 Å². The van der Waals surface area contributed by atoms with Crippen molar-refractivity contribution in [2.75, 3.05) is 0 Å². The first-order chi connectivity index (χ1) is 11.6. The molecule has 0 radical (unpaired) electrons. The molecule has 0 saturated heterocycles. The quantitative estimate of drug-likeness (QED) is 0.660. The van der Waals surface area contributed by atoms with Gasteiger partial charge in [-0.25, -0.2) is 0 Å². The highest BCUT2D eigenvalue weighted by molar-refractivity contribution is 7.71. The van der Waals surface area contributed by atoms with E-state index < -0.39 is 0 Å². The zero-order chi connectivity index (χ0) is 17.1. The zero-order valence-electron chi connectivity index (χ0n) is 13.9. The number of carbonyl (C=O) groups is 1. The van der Waals surface area contributed by atoms with Gasteiger partial charge in [0.15, 0.2) is 4.77 Å². The van der Waals surface area contributed by atoms with Crippen molar-refractivity contribution in [1.82, 2.24) is 14.9 Å². The van der Waals surface area contributed by atoms with Gasteiger partial charge in [0, 0.05) is 18.2 Å². The number of aromatic nitrogens is 2. The average Bonchev–Trinajstić information content (AvgIpc) is 2.83. The van der Waals surface area contributed by atoms with E-state index in [1.807, 2.05) is 6.92 Å². The monoisotopic (exact) mass is 345 g/mol. The summed E-state index contributed by atoms with van der Waals surface area (Å²) in [5.41, 5.74) is 1.06. The fourth-order valence-corrected chi connectivity index (χ4v) is 3.70. The van der Waals surface area contributed by atoms with Gasteiger partial charge < -0.3 is 10.3 Å². The van der Waals surface area contributed by atoms with Crippen LogP contribution in [-0.2, 0) is 6.54 Å². The van der Waals surface area contributed by atoms with Gasteiger partial charge in [-0.15, -0.1) is 0 Å². The van der Waals surface area contributed by atoms with Gasteiger partial charge in [0.25, 0.3) is 11.5 Å². The van der Waals surface area contributed by atoms with Crippen molar-refractivity contribution in [3.8, 4) is 0 Å². The predicted octanol–water partition coefficient (Wildman–Crippen LogP) is 3.53. The van der Waals surface area contributed by atoms with Crippen LogP contribution in [0.3, 0.4) is 0 Å². The Morgan fingerprint density at radius 2 is 2.00 bits per heavy atom. The van der Waals surface area contributed by atoms with Gasteiger partial charge in [0.2, 0.25) is 0 Å². The van der Waals surface area contributed by atoms with Crippen molar-refractivity contribution in [3.63, 3.8) is 0 Å². The summed E-state index contributed by atoms with van der Waals surface area (Å²) in [4.78, 5) is 28.0. The van der Waals surface area contributed by atoms with Gasteiger partial charge in [-0.3, -0.25) is 14.2 Å². The van der Waals surface area contributed by atoms with Gasteiger partial charge in [-0.05, 0) is 50.2 Å². The molecule has 6 heteroatoms. The molecular weight excluding hydrogens is 322 g/mol. The van der Waals surface area contributed by atoms with E-state index in [1.54, 1.807) is 18.2 Å². The molecular formula is C18H23N3O2S. The van der Waals surface area contributed by atoms with Gasteiger partial charge in [-0.2, -0.15) is 0 Å². The second-order valence-electron chi connectivity index (χ2n) is 6.40. The molecule has 0 spiro atoms. The van der Waals surface area contributed by atoms with Crippen LogP contribution in [0.15, 0.2) is 23.0 Å². The summed E-state index contributed by atoms with van der Waals surface area (Å²) in [5.74, 6) is -0.0808. The molecule has 0 unspecified atom stereocenters. The predicted molar refractivity (Wildman–Crippen MR) is 98.0 cm³/mol. The highest BCUT2D eigenvalue weighted by Crippen LogP contribution is 2.18. The summed E-state index contributed by atoms with van der Waals surface area (Å²) in [6.45, 7) is 2.40. The number of carbonyl (C=O) groups excluding carboxylic acids is 1. The number of nitrogens with zero attached hydrogens (tertiary/aromatic N) is 1. The van der Waals surface area contributed by atoms with Crippen LogP contribution in [0.2, 0.25) is 0 Å². The van der Waals surface area contributed by atoms with Crippen LogP contribution in [-0.4, -0.2) is 21.5 Å². The SMILES string of the molecule is CCn1c(=S)[nH]c2cc(C(=O)NC3CCCCCC3)ccc2c1=O. The molecule has 0 atom stereocenters. The minimum absolute atomic E-state index is 0.0808. The van der Waals surface area contributed by atoms with E-state index >= 15 is 0 Å². The normalized spacial score (nSPS) is 16.0. The number of amides is 1. The Hall–Kier alpha value is -1.95. The Morgan fingerprint density at radius 1 is 1.29 bits per heavy atom. The summed E-state index contributed by atoms with van der Waals surface area (Å²) >= 11 is 5.23. The van der Waals surface area contributed by atoms with Crippen molar-refractivity contribution in [2.45, 2.75) is 58.0 Å². The molecule has 1 fully saturated rings. The minimum Gasteiger partial charge on any atom is -0.349 e. The molecule has 1 aliphatic carbocycles. The van der Waals surface area contributed by atoms with Crippen LogP contribution in [0.4, 0.5) is 0 Å². The smallest absolute Gasteiger partial charge is 0.262 e. The van der Waals surface area contributed by atoms with E-state index in [1.165, 1.54) is 30.3 Å². The van der Waals surface area contributed by atoms with Crippen LogP contribution in [0.5, 0.6) is 0 Å². The maximum Gasteiger partial charge on any atom is 0.262 e. The summed E-state index contributed by atoms with van der Waals surface area (Å²) in [6, 6.07) is 5.39. The summed E-state index contributed by atoms with van der Waals surface area (Å²) < 4.78 is 1.90. The Morgan fingerprint density at radius 3 is 2.67 bits per heavy atom.